The van der Waals surface area contributed by atoms with Crippen LogP contribution in [0.2, 0.25) is 0 Å². The molecule has 13 heteroatoms. The summed E-state index contributed by atoms with van der Waals surface area (Å²) in [6.07, 6.45) is 3.52. The highest BCUT2D eigenvalue weighted by Crippen LogP contribution is 2.34. The van der Waals surface area contributed by atoms with E-state index in [-0.39, 0.29) is 30.1 Å². The van der Waals surface area contributed by atoms with E-state index < -0.39 is 6.04 Å². The molecule has 0 saturated heterocycles. The summed E-state index contributed by atoms with van der Waals surface area (Å²) in [7, 11) is 1.60. The number of nitrogens with zero attached hydrogens (tertiary/aromatic N) is 3. The molecule has 252 valence electrons. The van der Waals surface area contributed by atoms with E-state index in [1.807, 2.05) is 37.3 Å². The van der Waals surface area contributed by atoms with E-state index >= 15 is 0 Å². The Labute approximate surface area is 279 Å². The van der Waals surface area contributed by atoms with E-state index in [4.69, 9.17) is 16.2 Å². The Bertz CT molecular complexity index is 1700. The van der Waals surface area contributed by atoms with Gasteiger partial charge in [0, 0.05) is 47.8 Å². The van der Waals surface area contributed by atoms with Crippen LogP contribution in [0.15, 0.2) is 60.7 Å². The van der Waals surface area contributed by atoms with Crippen molar-refractivity contribution in [3.05, 3.63) is 77.4 Å². The molecule has 0 unspecified atom stereocenters. The Morgan fingerprint density at radius 1 is 0.979 bits per heavy atom. The zero-order valence-electron chi connectivity index (χ0n) is 27.3. The molecule has 1 aromatic heterocycles. The van der Waals surface area contributed by atoms with Gasteiger partial charge in [0.05, 0.1) is 7.11 Å². The van der Waals surface area contributed by atoms with Crippen molar-refractivity contribution in [3.63, 3.8) is 0 Å². The van der Waals surface area contributed by atoms with Crippen molar-refractivity contribution >= 4 is 23.4 Å². The number of methoxy groups -OCH3 is 1. The minimum absolute atomic E-state index is 0.133. The van der Waals surface area contributed by atoms with E-state index in [0.717, 1.165) is 53.5 Å². The molecule has 5 rings (SSSR count). The van der Waals surface area contributed by atoms with Gasteiger partial charge in [0.1, 0.15) is 11.8 Å². The fourth-order valence-corrected chi connectivity index (χ4v) is 6.10. The first-order valence-electron chi connectivity index (χ1n) is 16.2. The normalized spacial score (nSPS) is 16.5. The number of anilines is 1. The van der Waals surface area contributed by atoms with Crippen LogP contribution in [-0.4, -0.2) is 71.1 Å². The molecule has 1 heterocycles. The summed E-state index contributed by atoms with van der Waals surface area (Å²) in [6.45, 7) is 3.30. The number of hydrogen-bond donors (Lipinski definition) is 6. The molecule has 4 aromatic rings. The molecule has 1 atom stereocenters. The Balaban J connectivity index is 1.39. The van der Waals surface area contributed by atoms with Gasteiger partial charge < -0.3 is 32.2 Å². The van der Waals surface area contributed by atoms with Gasteiger partial charge in [0.25, 0.3) is 5.91 Å². The SMILES string of the molecule is COc1ccc(C[C@H](NC(=O)C2CCC(CN)CC2)C(=O)Nc2ccc(-c3nn[nH]n3)cc2)cc1-c1ccc(C(=O)NCCN)cc1C. The number of ether oxygens (including phenoxy) is 1. The third-order valence-electron chi connectivity index (χ3n) is 8.85. The summed E-state index contributed by atoms with van der Waals surface area (Å²) < 4.78 is 5.70. The maximum absolute atomic E-state index is 13.8. The third kappa shape index (κ3) is 8.41. The van der Waals surface area contributed by atoms with Crippen LogP contribution in [0, 0.1) is 18.8 Å². The smallest absolute Gasteiger partial charge is 0.251 e. The van der Waals surface area contributed by atoms with Gasteiger partial charge >= 0.3 is 0 Å². The number of aryl methyl sites for hydroxylation is 1. The lowest BCUT2D eigenvalue weighted by molar-refractivity contribution is -0.130. The maximum atomic E-state index is 13.8. The average Bonchev–Trinajstić information content (AvgIpc) is 3.66. The third-order valence-corrected chi connectivity index (χ3v) is 8.85. The van der Waals surface area contributed by atoms with E-state index in [9.17, 15) is 14.4 Å². The highest BCUT2D eigenvalue weighted by molar-refractivity contribution is 5.98. The van der Waals surface area contributed by atoms with Crippen molar-refractivity contribution in [2.75, 3.05) is 32.1 Å². The Morgan fingerprint density at radius 3 is 2.40 bits per heavy atom. The minimum atomic E-state index is -0.849. The first-order valence-corrected chi connectivity index (χ1v) is 16.2. The molecule has 1 fully saturated rings. The summed E-state index contributed by atoms with van der Waals surface area (Å²) in [6, 6.07) is 17.4. The molecule has 0 radical (unpaired) electrons. The van der Waals surface area contributed by atoms with Crippen molar-refractivity contribution in [2.24, 2.45) is 23.3 Å². The van der Waals surface area contributed by atoms with Crippen LogP contribution in [0.5, 0.6) is 5.75 Å². The van der Waals surface area contributed by atoms with E-state index in [0.29, 0.717) is 48.4 Å². The molecular formula is C35H43N9O4. The Kier molecular flexibility index (Phi) is 11.5. The molecule has 8 N–H and O–H groups in total. The highest BCUT2D eigenvalue weighted by Gasteiger charge is 2.30. The lowest BCUT2D eigenvalue weighted by atomic mass is 9.81. The van der Waals surface area contributed by atoms with E-state index in [2.05, 4.69) is 36.6 Å². The summed E-state index contributed by atoms with van der Waals surface area (Å²) >= 11 is 0. The fourth-order valence-electron chi connectivity index (χ4n) is 6.10. The van der Waals surface area contributed by atoms with Crippen molar-refractivity contribution in [2.45, 2.75) is 45.1 Å². The summed E-state index contributed by atoms with van der Waals surface area (Å²) in [5.41, 5.74) is 16.6. The molecule has 1 aliphatic carbocycles. The van der Waals surface area contributed by atoms with Gasteiger partial charge in [0.15, 0.2) is 0 Å². The maximum Gasteiger partial charge on any atom is 0.251 e. The number of nitrogens with one attached hydrogen (secondary N) is 4. The minimum Gasteiger partial charge on any atom is -0.496 e. The Hall–Kier alpha value is -5.14. The zero-order valence-corrected chi connectivity index (χ0v) is 27.3. The number of carbonyl (C=O) groups is 3. The van der Waals surface area contributed by atoms with Crippen LogP contribution in [0.3, 0.4) is 0 Å². The van der Waals surface area contributed by atoms with Crippen LogP contribution in [-0.2, 0) is 16.0 Å². The first kappa shape index (κ1) is 34.2. The first-order chi connectivity index (χ1) is 23.3. The standard InChI is InChI=1S/C35H43N9O4/c1-21-17-26(33(45)38-16-15-36)10-13-28(21)29-18-23(5-14-31(29)48-2)19-30(40-34(46)25-6-3-22(20-37)4-7-25)35(47)39-27-11-8-24(9-12-27)32-41-43-44-42-32/h5,8-14,17-18,22,25,30H,3-4,6-7,15-16,19-20,36-37H2,1-2H3,(H,38,45)(H,39,47)(H,40,46)(H,41,42,43,44)/t22?,25?,30-/m0/s1. The van der Waals surface area contributed by atoms with Crippen LogP contribution < -0.4 is 32.2 Å². The topological polar surface area (TPSA) is 203 Å². The van der Waals surface area contributed by atoms with Crippen LogP contribution in [0.25, 0.3) is 22.5 Å². The van der Waals surface area contributed by atoms with E-state index in [1.165, 1.54) is 0 Å². The molecular weight excluding hydrogens is 610 g/mol. The molecule has 13 nitrogen and oxygen atoms in total. The second-order valence-electron chi connectivity index (χ2n) is 12.1. The average molecular weight is 654 g/mol. The van der Waals surface area contributed by atoms with Crippen LogP contribution >= 0.6 is 0 Å². The molecule has 1 saturated carbocycles. The van der Waals surface area contributed by atoms with Gasteiger partial charge in [0.2, 0.25) is 17.6 Å². The second kappa shape index (κ2) is 16.1. The number of benzene rings is 3. The molecule has 3 aromatic carbocycles. The number of amides is 3. The summed E-state index contributed by atoms with van der Waals surface area (Å²) in [5, 5.41) is 22.8. The number of tetrazole rings is 1. The molecule has 3 amide bonds. The van der Waals surface area contributed by atoms with Gasteiger partial charge in [-0.3, -0.25) is 14.4 Å². The van der Waals surface area contributed by atoms with Gasteiger partial charge in [-0.25, -0.2) is 0 Å². The number of aromatic nitrogens is 4. The van der Waals surface area contributed by atoms with Gasteiger partial charge in [-0.1, -0.05) is 12.1 Å². The summed E-state index contributed by atoms with van der Waals surface area (Å²) in [4.78, 5) is 39.8. The van der Waals surface area contributed by atoms with Crippen molar-refractivity contribution in [1.29, 1.82) is 0 Å². The van der Waals surface area contributed by atoms with Gasteiger partial charge in [-0.15, -0.1) is 10.2 Å². The largest absolute Gasteiger partial charge is 0.496 e. The Morgan fingerprint density at radius 2 is 1.75 bits per heavy atom. The highest BCUT2D eigenvalue weighted by atomic mass is 16.5. The molecule has 0 aliphatic heterocycles. The van der Waals surface area contributed by atoms with Gasteiger partial charge in [-0.05, 0) is 116 Å². The number of H-pyrrole nitrogens is 1. The quantitative estimate of drug-likeness (QED) is 0.125. The van der Waals surface area contributed by atoms with Gasteiger partial charge in [-0.2, -0.15) is 5.21 Å². The van der Waals surface area contributed by atoms with Crippen LogP contribution in [0.1, 0.15) is 47.2 Å². The molecule has 0 spiro atoms. The molecule has 0 bridgehead atoms. The number of hydrogen-bond acceptors (Lipinski definition) is 9. The number of aromatic amines is 1. The lowest BCUT2D eigenvalue weighted by Gasteiger charge is -2.28. The lowest BCUT2D eigenvalue weighted by Crippen LogP contribution is -2.48. The predicted molar refractivity (Wildman–Crippen MR) is 183 cm³/mol. The fraction of sp³-hybridized carbons (Fsp3) is 0.371. The molecule has 1 aliphatic rings. The van der Waals surface area contributed by atoms with Crippen molar-refractivity contribution < 1.29 is 19.1 Å². The van der Waals surface area contributed by atoms with Crippen LogP contribution in [0.4, 0.5) is 5.69 Å². The molecule has 48 heavy (non-hydrogen) atoms. The number of nitrogens with two attached hydrogens (primary N) is 2. The van der Waals surface area contributed by atoms with E-state index in [1.54, 1.807) is 37.4 Å². The number of rotatable bonds is 13. The second-order valence-corrected chi connectivity index (χ2v) is 12.1. The van der Waals surface area contributed by atoms with Crippen molar-refractivity contribution in [1.82, 2.24) is 31.3 Å². The zero-order chi connectivity index (χ0) is 34.0. The predicted octanol–water partition coefficient (Wildman–Crippen LogP) is 2.97. The van der Waals surface area contributed by atoms with Crippen molar-refractivity contribution in [3.8, 4) is 28.3 Å². The summed E-state index contributed by atoms with van der Waals surface area (Å²) in [5.74, 6) is 0.675. The monoisotopic (exact) mass is 653 g/mol. The number of carbonyl (C=O) groups excluding carboxylic acids is 3.